The topological polar surface area (TPSA) is 124 Å². The fourth-order valence-electron chi connectivity index (χ4n) is 3.63. The number of para-hydroxylation sites is 1. The number of nitro groups is 1. The smallest absolute Gasteiger partial charge is 0.321 e. The van der Waals surface area contributed by atoms with Crippen LogP contribution in [0, 0.1) is 10.1 Å². The number of nitrogens with zero attached hydrogens (tertiary/aromatic N) is 4. The van der Waals surface area contributed by atoms with E-state index in [2.05, 4.69) is 15.5 Å². The fourth-order valence-corrected chi connectivity index (χ4v) is 3.63. The Balaban J connectivity index is 1.49. The maximum absolute atomic E-state index is 12.5. The number of benzene rings is 2. The standard InChI is InChI=1S/C22H22N6O4/c1-15(29)26-10-12-27(13-11-26)22(30)23-17-8-6-16(21(14-17)28(31)32)7-9-20-18-4-2-3-5-19(18)24-25-20/h2-9,14H,10-13H2,1H3,(H,23,30)(H,24,25). The molecule has 1 aliphatic rings. The van der Waals surface area contributed by atoms with Crippen LogP contribution >= 0.6 is 0 Å². The minimum absolute atomic E-state index is 0.0211. The van der Waals surface area contributed by atoms with Crippen LogP contribution in [0.5, 0.6) is 0 Å². The summed E-state index contributed by atoms with van der Waals surface area (Å²) < 4.78 is 0. The number of carbonyl (C=O) groups excluding carboxylic acids is 2. The van der Waals surface area contributed by atoms with Gasteiger partial charge in [-0.2, -0.15) is 5.10 Å². The second-order valence-corrected chi connectivity index (χ2v) is 7.44. The van der Waals surface area contributed by atoms with Crippen LogP contribution in [0.4, 0.5) is 16.2 Å². The van der Waals surface area contributed by atoms with E-state index in [0.29, 0.717) is 43.1 Å². The first-order chi connectivity index (χ1) is 15.4. The average molecular weight is 434 g/mol. The van der Waals surface area contributed by atoms with Crippen LogP contribution in [-0.4, -0.2) is 63.0 Å². The van der Waals surface area contributed by atoms with Gasteiger partial charge in [0.05, 0.1) is 21.7 Å². The number of hydrogen-bond acceptors (Lipinski definition) is 5. The van der Waals surface area contributed by atoms with Gasteiger partial charge in [-0.05, 0) is 30.4 Å². The summed E-state index contributed by atoms with van der Waals surface area (Å²) >= 11 is 0. The molecule has 4 rings (SSSR count). The normalized spacial score (nSPS) is 14.2. The number of fused-ring (bicyclic) bond motifs is 1. The number of hydrogen-bond donors (Lipinski definition) is 2. The van der Waals surface area contributed by atoms with Gasteiger partial charge in [-0.15, -0.1) is 0 Å². The zero-order valence-corrected chi connectivity index (χ0v) is 17.4. The Morgan fingerprint density at radius 3 is 2.53 bits per heavy atom. The van der Waals surface area contributed by atoms with Crippen molar-refractivity contribution in [2.45, 2.75) is 6.92 Å². The first kappa shape index (κ1) is 21.0. The first-order valence-electron chi connectivity index (χ1n) is 10.1. The van der Waals surface area contributed by atoms with E-state index < -0.39 is 4.92 Å². The van der Waals surface area contributed by atoms with Gasteiger partial charge in [0.2, 0.25) is 5.91 Å². The lowest BCUT2D eigenvalue weighted by molar-refractivity contribution is -0.385. The van der Waals surface area contributed by atoms with E-state index in [0.717, 1.165) is 10.9 Å². The molecule has 2 aromatic carbocycles. The number of anilines is 1. The number of carbonyl (C=O) groups is 2. The predicted octanol–water partition coefficient (Wildman–Crippen LogP) is 3.34. The molecule has 1 fully saturated rings. The maximum atomic E-state index is 12.5. The van der Waals surface area contributed by atoms with Gasteiger partial charge in [0.25, 0.3) is 5.69 Å². The van der Waals surface area contributed by atoms with Crippen molar-refractivity contribution in [2.75, 3.05) is 31.5 Å². The summed E-state index contributed by atoms with van der Waals surface area (Å²) in [5.74, 6) is -0.0211. The van der Waals surface area contributed by atoms with Gasteiger partial charge >= 0.3 is 6.03 Å². The third-order valence-corrected chi connectivity index (χ3v) is 5.41. The highest BCUT2D eigenvalue weighted by Crippen LogP contribution is 2.26. The van der Waals surface area contributed by atoms with Gasteiger partial charge in [-0.25, -0.2) is 4.79 Å². The number of aromatic nitrogens is 2. The molecule has 3 aromatic rings. The highest BCUT2D eigenvalue weighted by Gasteiger charge is 2.23. The molecule has 3 amide bonds. The highest BCUT2D eigenvalue weighted by molar-refractivity contribution is 5.92. The van der Waals surface area contributed by atoms with Crippen LogP contribution in [0.2, 0.25) is 0 Å². The quantitative estimate of drug-likeness (QED) is 0.481. The van der Waals surface area contributed by atoms with Crippen LogP contribution < -0.4 is 5.32 Å². The Hall–Kier alpha value is -4.21. The maximum Gasteiger partial charge on any atom is 0.321 e. The number of amides is 3. The summed E-state index contributed by atoms with van der Waals surface area (Å²) in [5, 5.41) is 22.4. The number of urea groups is 1. The Morgan fingerprint density at radius 1 is 1.09 bits per heavy atom. The third-order valence-electron chi connectivity index (χ3n) is 5.41. The lowest BCUT2D eigenvalue weighted by Crippen LogP contribution is -2.51. The van der Waals surface area contributed by atoms with Crippen molar-refractivity contribution in [2.24, 2.45) is 0 Å². The van der Waals surface area contributed by atoms with E-state index in [1.807, 2.05) is 24.3 Å². The van der Waals surface area contributed by atoms with E-state index in [4.69, 9.17) is 0 Å². The first-order valence-corrected chi connectivity index (χ1v) is 10.1. The van der Waals surface area contributed by atoms with E-state index in [9.17, 15) is 19.7 Å². The van der Waals surface area contributed by atoms with Crippen molar-refractivity contribution in [1.29, 1.82) is 0 Å². The number of piperazine rings is 1. The van der Waals surface area contributed by atoms with Crippen LogP contribution in [0.15, 0.2) is 42.5 Å². The summed E-state index contributed by atoms with van der Waals surface area (Å²) in [5.41, 5.74) is 2.16. The number of nitrogens with one attached hydrogen (secondary N) is 2. The van der Waals surface area contributed by atoms with Gasteiger partial charge in [-0.1, -0.05) is 18.2 Å². The SMILES string of the molecule is CC(=O)N1CCN(C(=O)Nc2ccc(C=Cc3n[nH]c4ccccc34)c([N+](=O)[O-])c2)CC1. The lowest BCUT2D eigenvalue weighted by atomic mass is 10.1. The molecule has 0 bridgehead atoms. The minimum atomic E-state index is -0.483. The van der Waals surface area contributed by atoms with E-state index in [1.165, 1.54) is 13.0 Å². The summed E-state index contributed by atoms with van der Waals surface area (Å²) in [4.78, 5) is 38.4. The predicted molar refractivity (Wildman–Crippen MR) is 121 cm³/mol. The molecule has 32 heavy (non-hydrogen) atoms. The van der Waals surface area contributed by atoms with Crippen molar-refractivity contribution >= 4 is 46.4 Å². The molecule has 10 heteroatoms. The number of aromatic amines is 1. The molecule has 0 unspecified atom stereocenters. The van der Waals surface area contributed by atoms with Gasteiger partial charge in [0.1, 0.15) is 0 Å². The zero-order chi connectivity index (χ0) is 22.7. The molecule has 164 valence electrons. The molecule has 10 nitrogen and oxygen atoms in total. The number of H-pyrrole nitrogens is 1. The summed E-state index contributed by atoms with van der Waals surface area (Å²) in [7, 11) is 0. The Bertz CT molecular complexity index is 1210. The highest BCUT2D eigenvalue weighted by atomic mass is 16.6. The monoisotopic (exact) mass is 434 g/mol. The van der Waals surface area contributed by atoms with E-state index in [-0.39, 0.29) is 17.6 Å². The number of rotatable bonds is 4. The molecule has 0 atom stereocenters. The molecule has 2 heterocycles. The molecule has 0 saturated carbocycles. The number of nitro benzene ring substituents is 1. The molecule has 0 aliphatic carbocycles. The van der Waals surface area contributed by atoms with Crippen molar-refractivity contribution in [3.8, 4) is 0 Å². The zero-order valence-electron chi connectivity index (χ0n) is 17.4. The lowest BCUT2D eigenvalue weighted by Gasteiger charge is -2.34. The molecule has 2 N–H and O–H groups in total. The molecule has 0 radical (unpaired) electrons. The van der Waals surface area contributed by atoms with E-state index >= 15 is 0 Å². The Morgan fingerprint density at radius 2 is 1.81 bits per heavy atom. The molecule has 0 spiro atoms. The van der Waals surface area contributed by atoms with Gasteiger partial charge in [0.15, 0.2) is 0 Å². The van der Waals surface area contributed by atoms with Crippen molar-refractivity contribution in [3.05, 3.63) is 63.8 Å². The van der Waals surface area contributed by atoms with Crippen molar-refractivity contribution in [1.82, 2.24) is 20.0 Å². The average Bonchev–Trinajstić information content (AvgIpc) is 3.21. The fraction of sp³-hybridized carbons (Fsp3) is 0.227. The Kier molecular flexibility index (Phi) is 5.84. The summed E-state index contributed by atoms with van der Waals surface area (Å²) in [6.07, 6.45) is 3.35. The van der Waals surface area contributed by atoms with Crippen LogP contribution in [-0.2, 0) is 4.79 Å². The van der Waals surface area contributed by atoms with Gasteiger partial charge in [0, 0.05) is 50.2 Å². The van der Waals surface area contributed by atoms with Crippen molar-refractivity contribution in [3.63, 3.8) is 0 Å². The summed E-state index contributed by atoms with van der Waals surface area (Å²) in [6.45, 7) is 3.25. The molecular formula is C22H22N6O4. The van der Waals surface area contributed by atoms with E-state index in [1.54, 1.807) is 34.1 Å². The Labute approximate surface area is 183 Å². The van der Waals surface area contributed by atoms with Gasteiger partial charge < -0.3 is 15.1 Å². The van der Waals surface area contributed by atoms with Gasteiger partial charge in [-0.3, -0.25) is 20.0 Å². The summed E-state index contributed by atoms with van der Waals surface area (Å²) in [6, 6.07) is 11.8. The van der Waals surface area contributed by atoms with Crippen LogP contribution in [0.1, 0.15) is 18.2 Å². The molecular weight excluding hydrogens is 412 g/mol. The van der Waals surface area contributed by atoms with Crippen molar-refractivity contribution < 1.29 is 14.5 Å². The van der Waals surface area contributed by atoms with Crippen LogP contribution in [0.3, 0.4) is 0 Å². The molecule has 1 aliphatic heterocycles. The van der Waals surface area contributed by atoms with Crippen LogP contribution in [0.25, 0.3) is 23.1 Å². The molecule has 1 aromatic heterocycles. The minimum Gasteiger partial charge on any atom is -0.339 e. The molecule has 1 saturated heterocycles. The second-order valence-electron chi connectivity index (χ2n) is 7.44. The largest absolute Gasteiger partial charge is 0.339 e. The second kappa shape index (κ2) is 8.88. The third kappa shape index (κ3) is 4.43.